The van der Waals surface area contributed by atoms with Crippen LogP contribution in [0, 0.1) is 0 Å². The van der Waals surface area contributed by atoms with Gasteiger partial charge in [0.05, 0.1) is 6.54 Å². The van der Waals surface area contributed by atoms with Gasteiger partial charge in [-0.3, -0.25) is 0 Å². The summed E-state index contributed by atoms with van der Waals surface area (Å²) in [5.41, 5.74) is 0.620. The summed E-state index contributed by atoms with van der Waals surface area (Å²) >= 11 is 0. The van der Waals surface area contributed by atoms with Crippen molar-refractivity contribution in [1.82, 2.24) is 20.2 Å². The smallest absolute Gasteiger partial charge is 0.387 e. The Labute approximate surface area is 186 Å². The molecule has 0 spiro atoms. The van der Waals surface area contributed by atoms with Crippen LogP contribution >= 0.6 is 24.0 Å². The molecule has 0 unspecified atom stereocenters. The number of hydrogen-bond donors (Lipinski definition) is 1. The number of anilines is 1. The van der Waals surface area contributed by atoms with Gasteiger partial charge in [0, 0.05) is 50.7 Å². The molecule has 1 N–H and O–H groups in total. The number of aliphatic imine (C=N–C) groups is 1. The van der Waals surface area contributed by atoms with Crippen molar-refractivity contribution in [3.8, 4) is 5.75 Å². The van der Waals surface area contributed by atoms with E-state index in [1.165, 1.54) is 6.07 Å². The van der Waals surface area contributed by atoms with Crippen LogP contribution in [0.15, 0.2) is 47.7 Å². The molecule has 7 nitrogen and oxygen atoms in total. The van der Waals surface area contributed by atoms with Crippen LogP contribution in [0.1, 0.15) is 12.5 Å². The van der Waals surface area contributed by atoms with Gasteiger partial charge < -0.3 is 19.9 Å². The molecule has 0 saturated carbocycles. The molecule has 2 aromatic rings. The maximum Gasteiger partial charge on any atom is 0.387 e. The van der Waals surface area contributed by atoms with E-state index in [9.17, 15) is 8.78 Å². The van der Waals surface area contributed by atoms with E-state index >= 15 is 0 Å². The number of alkyl halides is 2. The molecule has 2 heterocycles. The molecule has 1 aliphatic rings. The summed E-state index contributed by atoms with van der Waals surface area (Å²) in [6.07, 6.45) is 3.47. The van der Waals surface area contributed by atoms with Crippen LogP contribution in [0.5, 0.6) is 5.75 Å². The maximum atomic E-state index is 12.6. The van der Waals surface area contributed by atoms with Crippen LogP contribution in [0.2, 0.25) is 0 Å². The first-order valence-corrected chi connectivity index (χ1v) is 9.25. The predicted molar refractivity (Wildman–Crippen MR) is 119 cm³/mol. The first-order valence-electron chi connectivity index (χ1n) is 9.25. The monoisotopic (exact) mass is 518 g/mol. The van der Waals surface area contributed by atoms with E-state index in [2.05, 4.69) is 34.8 Å². The van der Waals surface area contributed by atoms with Crippen molar-refractivity contribution in [2.45, 2.75) is 20.1 Å². The molecular weight excluding hydrogens is 493 g/mol. The van der Waals surface area contributed by atoms with Crippen LogP contribution in [0.25, 0.3) is 0 Å². The lowest BCUT2D eigenvalue weighted by Crippen LogP contribution is -2.52. The zero-order valence-electron chi connectivity index (χ0n) is 16.2. The van der Waals surface area contributed by atoms with Crippen molar-refractivity contribution in [3.63, 3.8) is 0 Å². The molecule has 0 aliphatic carbocycles. The number of benzene rings is 1. The molecular formula is C19H25F2IN6O. The zero-order chi connectivity index (χ0) is 19.8. The highest BCUT2D eigenvalue weighted by molar-refractivity contribution is 14.0. The number of guanidine groups is 1. The number of halogens is 3. The summed E-state index contributed by atoms with van der Waals surface area (Å²) in [4.78, 5) is 17.5. The van der Waals surface area contributed by atoms with Gasteiger partial charge in [0.1, 0.15) is 5.75 Å². The lowest BCUT2D eigenvalue weighted by molar-refractivity contribution is -0.0504. The average Bonchev–Trinajstić information content (AvgIpc) is 2.72. The molecule has 0 atom stereocenters. The molecule has 1 fully saturated rings. The average molecular weight is 518 g/mol. The number of piperazine rings is 1. The number of ether oxygens (including phenoxy) is 1. The Hall–Kier alpha value is -2.24. The standard InChI is InChI=1S/C19H24F2N6O.HI/c1-2-22-18(25-14-15-6-3-4-7-16(15)28-17(20)21)26-10-12-27(13-11-26)19-23-8-5-9-24-19;/h3-9,17H,2,10-14H2,1H3,(H,22,25);1H. The summed E-state index contributed by atoms with van der Waals surface area (Å²) in [7, 11) is 0. The first-order chi connectivity index (χ1) is 13.7. The lowest BCUT2D eigenvalue weighted by atomic mass is 10.2. The Kier molecular flexibility index (Phi) is 9.29. The summed E-state index contributed by atoms with van der Waals surface area (Å²) in [5, 5.41) is 3.27. The molecule has 0 amide bonds. The molecule has 158 valence electrons. The van der Waals surface area contributed by atoms with E-state index < -0.39 is 6.61 Å². The second kappa shape index (κ2) is 11.7. The summed E-state index contributed by atoms with van der Waals surface area (Å²) in [6, 6.07) is 8.53. The highest BCUT2D eigenvalue weighted by atomic mass is 127. The number of aromatic nitrogens is 2. The van der Waals surface area contributed by atoms with Gasteiger partial charge in [-0.05, 0) is 19.1 Å². The van der Waals surface area contributed by atoms with Crippen molar-refractivity contribution in [2.75, 3.05) is 37.6 Å². The minimum Gasteiger partial charge on any atom is -0.434 e. The van der Waals surface area contributed by atoms with E-state index in [-0.39, 0.29) is 36.3 Å². The molecule has 3 rings (SSSR count). The number of nitrogens with zero attached hydrogens (tertiary/aromatic N) is 5. The Morgan fingerprint density at radius 2 is 1.83 bits per heavy atom. The van der Waals surface area contributed by atoms with Gasteiger partial charge >= 0.3 is 6.61 Å². The minimum absolute atomic E-state index is 0. The number of nitrogens with one attached hydrogen (secondary N) is 1. The second-order valence-corrected chi connectivity index (χ2v) is 6.18. The Bertz CT molecular complexity index is 772. The highest BCUT2D eigenvalue weighted by Crippen LogP contribution is 2.21. The molecule has 1 aromatic heterocycles. The van der Waals surface area contributed by atoms with Crippen LogP contribution in [0.4, 0.5) is 14.7 Å². The minimum atomic E-state index is -2.85. The fraction of sp³-hybridized carbons (Fsp3) is 0.421. The Morgan fingerprint density at radius 3 is 2.48 bits per heavy atom. The number of hydrogen-bond acceptors (Lipinski definition) is 5. The van der Waals surface area contributed by atoms with Crippen LogP contribution in [0.3, 0.4) is 0 Å². The quantitative estimate of drug-likeness (QED) is 0.361. The highest BCUT2D eigenvalue weighted by Gasteiger charge is 2.21. The third-order valence-corrected chi connectivity index (χ3v) is 4.34. The van der Waals surface area contributed by atoms with E-state index in [0.717, 1.165) is 44.6 Å². The molecule has 0 bridgehead atoms. The first kappa shape index (κ1) is 23.0. The molecule has 10 heteroatoms. The van der Waals surface area contributed by atoms with Gasteiger partial charge in [0.25, 0.3) is 0 Å². The number of para-hydroxylation sites is 1. The summed E-state index contributed by atoms with van der Waals surface area (Å²) in [6.45, 7) is 3.20. The van der Waals surface area contributed by atoms with Gasteiger partial charge in [-0.1, -0.05) is 18.2 Å². The number of rotatable bonds is 6. The molecule has 0 radical (unpaired) electrons. The third-order valence-electron chi connectivity index (χ3n) is 4.34. The third kappa shape index (κ3) is 6.65. The fourth-order valence-electron chi connectivity index (χ4n) is 3.00. The SMILES string of the molecule is CCNC(=NCc1ccccc1OC(F)F)N1CCN(c2ncccn2)CC1.I. The van der Waals surface area contributed by atoms with Crippen molar-refractivity contribution in [2.24, 2.45) is 4.99 Å². The normalized spacial score (nSPS) is 14.6. The van der Waals surface area contributed by atoms with Crippen LogP contribution in [-0.2, 0) is 6.54 Å². The fourth-order valence-corrected chi connectivity index (χ4v) is 3.00. The van der Waals surface area contributed by atoms with Crippen molar-refractivity contribution < 1.29 is 13.5 Å². The van der Waals surface area contributed by atoms with E-state index in [1.807, 2.05) is 6.92 Å². The van der Waals surface area contributed by atoms with Gasteiger partial charge in [-0.2, -0.15) is 8.78 Å². The molecule has 1 aromatic carbocycles. The summed E-state index contributed by atoms with van der Waals surface area (Å²) in [5.74, 6) is 1.63. The Morgan fingerprint density at radius 1 is 1.14 bits per heavy atom. The van der Waals surface area contributed by atoms with Gasteiger partial charge in [0.2, 0.25) is 5.95 Å². The van der Waals surface area contributed by atoms with Crippen molar-refractivity contribution >= 4 is 35.9 Å². The predicted octanol–water partition coefficient (Wildman–Crippen LogP) is 2.98. The summed E-state index contributed by atoms with van der Waals surface area (Å²) < 4.78 is 29.8. The molecule has 29 heavy (non-hydrogen) atoms. The second-order valence-electron chi connectivity index (χ2n) is 6.18. The van der Waals surface area contributed by atoms with Crippen LogP contribution < -0.4 is 15.0 Å². The Balaban J connectivity index is 0.00000300. The van der Waals surface area contributed by atoms with E-state index in [4.69, 9.17) is 0 Å². The lowest BCUT2D eigenvalue weighted by Gasteiger charge is -2.36. The zero-order valence-corrected chi connectivity index (χ0v) is 18.5. The van der Waals surface area contributed by atoms with Crippen LogP contribution in [-0.4, -0.2) is 60.2 Å². The maximum absolute atomic E-state index is 12.6. The largest absolute Gasteiger partial charge is 0.434 e. The molecule has 1 aliphatic heterocycles. The van der Waals surface area contributed by atoms with Gasteiger partial charge in [-0.25, -0.2) is 15.0 Å². The van der Waals surface area contributed by atoms with Gasteiger partial charge in [-0.15, -0.1) is 24.0 Å². The van der Waals surface area contributed by atoms with Crippen molar-refractivity contribution in [1.29, 1.82) is 0 Å². The van der Waals surface area contributed by atoms with Gasteiger partial charge in [0.15, 0.2) is 5.96 Å². The topological polar surface area (TPSA) is 65.9 Å². The van der Waals surface area contributed by atoms with E-state index in [1.54, 1.807) is 36.7 Å². The van der Waals surface area contributed by atoms with Crippen molar-refractivity contribution in [3.05, 3.63) is 48.3 Å². The molecule has 1 saturated heterocycles. The van der Waals surface area contributed by atoms with E-state index in [0.29, 0.717) is 5.56 Å².